The predicted molar refractivity (Wildman–Crippen MR) is 103 cm³/mol. The van der Waals surface area contributed by atoms with Crippen LogP contribution in [0.25, 0.3) is 0 Å². The Hall–Kier alpha value is -2.21. The number of piperidine rings is 1. The summed E-state index contributed by atoms with van der Waals surface area (Å²) >= 11 is 1.43. The summed E-state index contributed by atoms with van der Waals surface area (Å²) in [6.07, 6.45) is 3.56. The Morgan fingerprint density at radius 2 is 1.96 bits per heavy atom. The van der Waals surface area contributed by atoms with Gasteiger partial charge in [-0.15, -0.1) is 11.3 Å². The Labute approximate surface area is 162 Å². The van der Waals surface area contributed by atoms with Gasteiger partial charge in [0.2, 0.25) is 5.91 Å². The first-order chi connectivity index (χ1) is 13.1. The Bertz CT molecular complexity index is 819. The van der Waals surface area contributed by atoms with Gasteiger partial charge in [-0.1, -0.05) is 24.3 Å². The maximum atomic E-state index is 14.1. The number of thiophene rings is 1. The van der Waals surface area contributed by atoms with E-state index >= 15 is 0 Å². The van der Waals surface area contributed by atoms with Crippen molar-refractivity contribution in [2.24, 2.45) is 5.92 Å². The van der Waals surface area contributed by atoms with E-state index in [1.165, 1.54) is 17.4 Å². The first kappa shape index (κ1) is 18.2. The van der Waals surface area contributed by atoms with Crippen molar-refractivity contribution in [2.45, 2.75) is 38.3 Å². The van der Waals surface area contributed by atoms with E-state index in [0.717, 1.165) is 25.7 Å². The molecule has 4 rings (SSSR count). The zero-order valence-corrected chi connectivity index (χ0v) is 16.0. The van der Waals surface area contributed by atoms with Gasteiger partial charge in [-0.3, -0.25) is 9.59 Å². The molecule has 1 aliphatic heterocycles. The number of benzene rings is 1. The first-order valence-electron chi connectivity index (χ1n) is 9.50. The van der Waals surface area contributed by atoms with Crippen LogP contribution >= 0.6 is 11.3 Å². The van der Waals surface area contributed by atoms with Crippen LogP contribution in [0.2, 0.25) is 0 Å². The van der Waals surface area contributed by atoms with Crippen molar-refractivity contribution in [1.29, 1.82) is 0 Å². The lowest BCUT2D eigenvalue weighted by molar-refractivity contribution is -0.138. The summed E-state index contributed by atoms with van der Waals surface area (Å²) in [7, 11) is 0. The van der Waals surface area contributed by atoms with Crippen molar-refractivity contribution in [3.63, 3.8) is 0 Å². The van der Waals surface area contributed by atoms with Gasteiger partial charge in [-0.2, -0.15) is 0 Å². The van der Waals surface area contributed by atoms with Crippen molar-refractivity contribution in [3.05, 3.63) is 58.0 Å². The minimum absolute atomic E-state index is 0.00887. The van der Waals surface area contributed by atoms with Crippen molar-refractivity contribution >= 4 is 23.2 Å². The predicted octanol–water partition coefficient (Wildman–Crippen LogP) is 3.93. The first-order valence-corrected chi connectivity index (χ1v) is 10.4. The Morgan fingerprint density at radius 1 is 1.15 bits per heavy atom. The van der Waals surface area contributed by atoms with Crippen LogP contribution in [0.3, 0.4) is 0 Å². The fraction of sp³-hybridized carbons (Fsp3) is 0.429. The maximum absolute atomic E-state index is 14.1. The fourth-order valence-corrected chi connectivity index (χ4v) is 4.43. The lowest BCUT2D eigenvalue weighted by Gasteiger charge is -2.35. The molecule has 0 N–H and O–H groups in total. The summed E-state index contributed by atoms with van der Waals surface area (Å²) in [4.78, 5) is 30.2. The molecule has 0 spiro atoms. The van der Waals surface area contributed by atoms with E-state index in [-0.39, 0.29) is 29.6 Å². The number of carbonyl (C=O) groups is 2. The molecule has 2 aliphatic rings. The lowest BCUT2D eigenvalue weighted by atomic mass is 9.96. The van der Waals surface area contributed by atoms with Gasteiger partial charge in [0.05, 0.1) is 10.8 Å². The molecule has 0 radical (unpaired) electrons. The number of hydrogen-bond acceptors (Lipinski definition) is 3. The summed E-state index contributed by atoms with van der Waals surface area (Å²) < 4.78 is 14.1. The topological polar surface area (TPSA) is 40.6 Å². The molecule has 27 heavy (non-hydrogen) atoms. The quantitative estimate of drug-likeness (QED) is 0.781. The molecule has 1 unspecified atom stereocenters. The zero-order chi connectivity index (χ0) is 18.8. The normalized spacial score (nSPS) is 19.7. The second kappa shape index (κ2) is 7.80. The van der Waals surface area contributed by atoms with Gasteiger partial charge < -0.3 is 9.80 Å². The highest BCUT2D eigenvalue weighted by molar-refractivity contribution is 7.12. The van der Waals surface area contributed by atoms with Crippen LogP contribution < -0.4 is 0 Å². The third-order valence-corrected chi connectivity index (χ3v) is 6.22. The SMILES string of the molecule is O=C(c1cccs1)N1CCCC(C(=O)N(Cc2ccccc2F)C2CC2)C1. The van der Waals surface area contributed by atoms with Crippen molar-refractivity contribution in [1.82, 2.24) is 9.80 Å². The number of nitrogens with zero attached hydrogens (tertiary/aromatic N) is 2. The van der Waals surface area contributed by atoms with Crippen LogP contribution in [-0.4, -0.2) is 40.7 Å². The van der Waals surface area contributed by atoms with E-state index in [0.29, 0.717) is 30.1 Å². The smallest absolute Gasteiger partial charge is 0.263 e. The van der Waals surface area contributed by atoms with Gasteiger partial charge in [0.25, 0.3) is 5.91 Å². The van der Waals surface area contributed by atoms with Gasteiger partial charge in [0.1, 0.15) is 5.82 Å². The molecule has 0 bridgehead atoms. The summed E-state index contributed by atoms with van der Waals surface area (Å²) in [5.74, 6) is -0.400. The van der Waals surface area contributed by atoms with Crippen LogP contribution in [0.4, 0.5) is 4.39 Å². The average molecular weight is 386 g/mol. The van der Waals surface area contributed by atoms with E-state index < -0.39 is 0 Å². The number of amides is 2. The van der Waals surface area contributed by atoms with E-state index in [1.54, 1.807) is 23.1 Å². The second-order valence-corrected chi connectivity index (χ2v) is 8.30. The number of halogens is 1. The maximum Gasteiger partial charge on any atom is 0.263 e. The third kappa shape index (κ3) is 4.05. The summed E-state index contributed by atoms with van der Waals surface area (Å²) in [5.41, 5.74) is 0.556. The molecule has 1 aliphatic carbocycles. The Kier molecular flexibility index (Phi) is 5.25. The standard InChI is InChI=1S/C21H23FN2O2S/c22-18-7-2-1-5-15(18)14-24(17-9-10-17)20(25)16-6-3-11-23(13-16)21(26)19-8-4-12-27-19/h1-2,4-5,7-8,12,16-17H,3,6,9-11,13-14H2. The van der Waals surface area contributed by atoms with Crippen LogP contribution in [-0.2, 0) is 11.3 Å². The van der Waals surface area contributed by atoms with Crippen LogP contribution in [0.5, 0.6) is 0 Å². The second-order valence-electron chi connectivity index (χ2n) is 7.36. The molecule has 2 heterocycles. The largest absolute Gasteiger partial charge is 0.337 e. The molecule has 142 valence electrons. The number of hydrogen-bond donors (Lipinski definition) is 0. The molecule has 4 nitrogen and oxygen atoms in total. The Balaban J connectivity index is 1.46. The average Bonchev–Trinajstić information content (AvgIpc) is 3.39. The molecular weight excluding hydrogens is 363 g/mol. The molecule has 2 aromatic rings. The highest BCUT2D eigenvalue weighted by Crippen LogP contribution is 2.32. The summed E-state index contributed by atoms with van der Waals surface area (Å²) in [6, 6.07) is 10.5. The fourth-order valence-electron chi connectivity index (χ4n) is 3.74. The highest BCUT2D eigenvalue weighted by atomic mass is 32.1. The van der Waals surface area contributed by atoms with Crippen molar-refractivity contribution < 1.29 is 14.0 Å². The molecule has 6 heteroatoms. The van der Waals surface area contributed by atoms with E-state index in [1.807, 2.05) is 22.4 Å². The third-order valence-electron chi connectivity index (χ3n) is 5.36. The Morgan fingerprint density at radius 3 is 2.67 bits per heavy atom. The molecule has 1 aromatic carbocycles. The molecule has 1 saturated heterocycles. The van der Waals surface area contributed by atoms with Gasteiger partial charge in [0, 0.05) is 31.2 Å². The number of rotatable bonds is 5. The van der Waals surface area contributed by atoms with Crippen molar-refractivity contribution in [3.8, 4) is 0 Å². The minimum atomic E-state index is -0.269. The van der Waals surface area contributed by atoms with Gasteiger partial charge >= 0.3 is 0 Å². The molecule has 1 saturated carbocycles. The summed E-state index contributed by atoms with van der Waals surface area (Å²) in [5, 5.41) is 1.89. The van der Waals surface area contributed by atoms with Gasteiger partial charge in [-0.05, 0) is 43.2 Å². The summed E-state index contributed by atoms with van der Waals surface area (Å²) in [6.45, 7) is 1.46. The number of likely N-dealkylation sites (tertiary alicyclic amines) is 1. The van der Waals surface area contributed by atoms with E-state index in [4.69, 9.17) is 0 Å². The van der Waals surface area contributed by atoms with Crippen molar-refractivity contribution in [2.75, 3.05) is 13.1 Å². The molecular formula is C21H23FN2O2S. The van der Waals surface area contributed by atoms with Gasteiger partial charge in [-0.25, -0.2) is 4.39 Å². The van der Waals surface area contributed by atoms with E-state index in [9.17, 15) is 14.0 Å². The minimum Gasteiger partial charge on any atom is -0.337 e. The van der Waals surface area contributed by atoms with Crippen LogP contribution in [0, 0.1) is 11.7 Å². The molecule has 1 atom stereocenters. The zero-order valence-electron chi connectivity index (χ0n) is 15.1. The lowest BCUT2D eigenvalue weighted by Crippen LogP contribution is -2.47. The van der Waals surface area contributed by atoms with Crippen LogP contribution in [0.15, 0.2) is 41.8 Å². The molecule has 1 aromatic heterocycles. The molecule has 2 fully saturated rings. The highest BCUT2D eigenvalue weighted by Gasteiger charge is 2.38. The van der Waals surface area contributed by atoms with E-state index in [2.05, 4.69) is 0 Å². The van der Waals surface area contributed by atoms with Crippen LogP contribution in [0.1, 0.15) is 40.9 Å². The number of carbonyl (C=O) groups excluding carboxylic acids is 2. The molecule has 2 amide bonds. The van der Waals surface area contributed by atoms with Gasteiger partial charge in [0.15, 0.2) is 0 Å². The monoisotopic (exact) mass is 386 g/mol.